The number of hydrogen-bond acceptors (Lipinski definition) is 4. The van der Waals surface area contributed by atoms with Crippen molar-refractivity contribution in [3.63, 3.8) is 0 Å². The Morgan fingerprint density at radius 1 is 1.14 bits per heavy atom. The van der Waals surface area contributed by atoms with Crippen LogP contribution in [0.3, 0.4) is 0 Å². The first kappa shape index (κ1) is 18.9. The fourth-order valence-corrected chi connectivity index (χ4v) is 3.83. The molecule has 0 aliphatic heterocycles. The lowest BCUT2D eigenvalue weighted by Gasteiger charge is -2.24. The molecule has 29 heavy (non-hydrogen) atoms. The number of carbonyl (C=O) groups excluding carboxylic acids is 1. The Morgan fingerprint density at radius 2 is 1.90 bits per heavy atom. The molecular weight excluding hydrogens is 368 g/mol. The number of rotatable bonds is 6. The monoisotopic (exact) mass is 390 g/mol. The van der Waals surface area contributed by atoms with E-state index in [0.29, 0.717) is 0 Å². The highest BCUT2D eigenvalue weighted by Crippen LogP contribution is 2.30. The lowest BCUT2D eigenvalue weighted by molar-refractivity contribution is -0.384. The first-order valence-electron chi connectivity index (χ1n) is 9.71. The molecule has 1 atom stereocenters. The third-order valence-corrected chi connectivity index (χ3v) is 5.29. The third kappa shape index (κ3) is 4.34. The summed E-state index contributed by atoms with van der Waals surface area (Å²) < 4.78 is 2.03. The van der Waals surface area contributed by atoms with Crippen LogP contribution in [0.25, 0.3) is 0 Å². The fraction of sp³-hybridized carbons (Fsp3) is 0.273. The molecule has 1 aliphatic rings. The van der Waals surface area contributed by atoms with Gasteiger partial charge in [-0.1, -0.05) is 42.5 Å². The maximum Gasteiger partial charge on any atom is 0.269 e. The van der Waals surface area contributed by atoms with E-state index in [2.05, 4.69) is 22.5 Å². The normalized spacial score (nSPS) is 15.5. The molecule has 0 bridgehead atoms. The predicted molar refractivity (Wildman–Crippen MR) is 108 cm³/mol. The second-order valence-electron chi connectivity index (χ2n) is 7.30. The lowest BCUT2D eigenvalue weighted by atomic mass is 9.92. The Morgan fingerprint density at radius 3 is 2.62 bits per heavy atom. The molecule has 0 saturated heterocycles. The van der Waals surface area contributed by atoms with Gasteiger partial charge in [0, 0.05) is 23.4 Å². The zero-order valence-corrected chi connectivity index (χ0v) is 16.0. The van der Waals surface area contributed by atoms with Crippen molar-refractivity contribution in [2.24, 2.45) is 0 Å². The maximum atomic E-state index is 12.5. The Labute approximate surface area is 168 Å². The molecule has 0 fully saturated rings. The number of benzene rings is 2. The Hall–Kier alpha value is -3.48. The number of aromatic nitrogens is 2. The molecule has 1 aliphatic carbocycles. The molecule has 1 amide bonds. The highest BCUT2D eigenvalue weighted by atomic mass is 16.6. The summed E-state index contributed by atoms with van der Waals surface area (Å²) in [4.78, 5) is 22.8. The average molecular weight is 390 g/mol. The number of amides is 1. The molecule has 0 spiro atoms. The van der Waals surface area contributed by atoms with Crippen LogP contribution in [-0.2, 0) is 24.2 Å². The molecule has 1 N–H and O–H groups in total. The molecular formula is C22H22N4O3. The van der Waals surface area contributed by atoms with Crippen LogP contribution in [0.5, 0.6) is 0 Å². The minimum absolute atomic E-state index is 0.0249. The van der Waals surface area contributed by atoms with Crippen LogP contribution in [0.1, 0.15) is 41.3 Å². The van der Waals surface area contributed by atoms with Crippen molar-refractivity contribution >= 4 is 11.6 Å². The number of carbonyl (C=O) groups is 1. The Balaban J connectivity index is 1.43. The Kier molecular flexibility index (Phi) is 5.37. The highest BCUT2D eigenvalue weighted by Gasteiger charge is 2.25. The van der Waals surface area contributed by atoms with Crippen LogP contribution in [0, 0.1) is 10.1 Å². The van der Waals surface area contributed by atoms with E-state index in [9.17, 15) is 14.9 Å². The molecule has 0 saturated carbocycles. The van der Waals surface area contributed by atoms with E-state index >= 15 is 0 Å². The van der Waals surface area contributed by atoms with Crippen LogP contribution in [0.2, 0.25) is 0 Å². The third-order valence-electron chi connectivity index (χ3n) is 5.29. The molecule has 1 aromatic heterocycles. The number of nitrogens with zero attached hydrogens (tertiary/aromatic N) is 3. The van der Waals surface area contributed by atoms with E-state index in [1.807, 2.05) is 29.1 Å². The fourth-order valence-electron chi connectivity index (χ4n) is 3.83. The lowest BCUT2D eigenvalue weighted by Crippen LogP contribution is -2.32. The van der Waals surface area contributed by atoms with Crippen LogP contribution >= 0.6 is 0 Å². The van der Waals surface area contributed by atoms with Gasteiger partial charge in [-0.15, -0.1) is 0 Å². The zero-order chi connectivity index (χ0) is 20.2. The summed E-state index contributed by atoms with van der Waals surface area (Å²) in [5.41, 5.74) is 4.24. The van der Waals surface area contributed by atoms with Crippen molar-refractivity contribution in [2.75, 3.05) is 0 Å². The van der Waals surface area contributed by atoms with E-state index in [4.69, 9.17) is 0 Å². The van der Waals surface area contributed by atoms with Crippen molar-refractivity contribution in [1.29, 1.82) is 0 Å². The molecule has 7 heteroatoms. The predicted octanol–water partition coefficient (Wildman–Crippen LogP) is 3.58. The number of hydrogen-bond donors (Lipinski definition) is 1. The summed E-state index contributed by atoms with van der Waals surface area (Å²) >= 11 is 0. The number of nitro benzene ring substituents is 1. The van der Waals surface area contributed by atoms with Crippen LogP contribution < -0.4 is 5.32 Å². The van der Waals surface area contributed by atoms with Gasteiger partial charge in [0.15, 0.2) is 0 Å². The van der Waals surface area contributed by atoms with Gasteiger partial charge in [-0.2, -0.15) is 5.10 Å². The average Bonchev–Trinajstić information content (AvgIpc) is 3.13. The second kappa shape index (κ2) is 8.26. The van der Waals surface area contributed by atoms with Crippen LogP contribution in [0.4, 0.5) is 5.69 Å². The first-order valence-corrected chi connectivity index (χ1v) is 9.71. The van der Waals surface area contributed by atoms with Crippen molar-refractivity contribution in [2.45, 2.75) is 38.3 Å². The van der Waals surface area contributed by atoms with Crippen molar-refractivity contribution in [1.82, 2.24) is 15.1 Å². The minimum atomic E-state index is -0.444. The van der Waals surface area contributed by atoms with Crippen molar-refractivity contribution in [3.05, 3.63) is 93.3 Å². The van der Waals surface area contributed by atoms with Gasteiger partial charge in [-0.3, -0.25) is 19.6 Å². The topological polar surface area (TPSA) is 90.1 Å². The summed E-state index contributed by atoms with van der Waals surface area (Å²) in [5, 5.41) is 18.4. The molecule has 0 radical (unpaired) electrons. The molecule has 0 unspecified atom stereocenters. The molecule has 4 rings (SSSR count). The van der Waals surface area contributed by atoms with Crippen molar-refractivity contribution < 1.29 is 9.72 Å². The van der Waals surface area contributed by atoms with Crippen molar-refractivity contribution in [3.8, 4) is 0 Å². The van der Waals surface area contributed by atoms with Gasteiger partial charge in [0.25, 0.3) is 5.69 Å². The summed E-state index contributed by atoms with van der Waals surface area (Å²) in [7, 11) is 0. The number of nitrogens with one attached hydrogen (secondary N) is 1. The summed E-state index contributed by atoms with van der Waals surface area (Å²) in [5.74, 6) is -0.0903. The smallest absolute Gasteiger partial charge is 0.269 e. The molecule has 7 nitrogen and oxygen atoms in total. The molecule has 2 aromatic carbocycles. The summed E-state index contributed by atoms with van der Waals surface area (Å²) in [6, 6.07) is 16.3. The van der Waals surface area contributed by atoms with E-state index in [-0.39, 0.29) is 24.1 Å². The van der Waals surface area contributed by atoms with Gasteiger partial charge in [-0.05, 0) is 30.4 Å². The SMILES string of the molecule is O=C(Cc1ccc([N+](=O)[O-])cc1)N[C@@H]1CCCc2c1cnn2Cc1ccccc1. The van der Waals surface area contributed by atoms with Gasteiger partial charge in [0.05, 0.1) is 30.1 Å². The van der Waals surface area contributed by atoms with Gasteiger partial charge in [0.2, 0.25) is 5.91 Å². The van der Waals surface area contributed by atoms with Gasteiger partial charge >= 0.3 is 0 Å². The standard InChI is InChI=1S/C22H22N4O3/c27-22(13-16-9-11-18(12-10-16)26(28)29)24-20-7-4-8-21-19(20)14-23-25(21)15-17-5-2-1-3-6-17/h1-3,5-6,9-12,14,20H,4,7-8,13,15H2,(H,24,27)/t20-/m1/s1. The Bertz CT molecular complexity index is 1010. The summed E-state index contributed by atoms with van der Waals surface area (Å²) in [6.07, 6.45) is 4.90. The van der Waals surface area contributed by atoms with E-state index < -0.39 is 4.92 Å². The van der Waals surface area contributed by atoms with Gasteiger partial charge < -0.3 is 5.32 Å². The quantitative estimate of drug-likeness (QED) is 0.515. The summed E-state index contributed by atoms with van der Waals surface area (Å²) in [6.45, 7) is 0.722. The molecule has 1 heterocycles. The highest BCUT2D eigenvalue weighted by molar-refractivity contribution is 5.79. The number of fused-ring (bicyclic) bond motifs is 1. The van der Waals surface area contributed by atoms with Gasteiger partial charge in [-0.25, -0.2) is 0 Å². The van der Waals surface area contributed by atoms with E-state index in [1.54, 1.807) is 12.1 Å². The van der Waals surface area contributed by atoms with Crippen LogP contribution in [0.15, 0.2) is 60.8 Å². The molecule has 148 valence electrons. The van der Waals surface area contributed by atoms with Crippen LogP contribution in [-0.4, -0.2) is 20.6 Å². The number of nitro groups is 1. The van der Waals surface area contributed by atoms with E-state index in [1.165, 1.54) is 23.4 Å². The van der Waals surface area contributed by atoms with Gasteiger partial charge in [0.1, 0.15) is 0 Å². The second-order valence-corrected chi connectivity index (χ2v) is 7.30. The van der Waals surface area contributed by atoms with E-state index in [0.717, 1.165) is 36.9 Å². The largest absolute Gasteiger partial charge is 0.349 e. The zero-order valence-electron chi connectivity index (χ0n) is 16.0. The molecule has 3 aromatic rings. The number of non-ortho nitro benzene ring substituents is 1. The minimum Gasteiger partial charge on any atom is -0.349 e. The first-order chi connectivity index (χ1) is 14.1. The maximum absolute atomic E-state index is 12.5.